The number of carboxylic acid groups (broad SMARTS) is 1. The lowest BCUT2D eigenvalue weighted by Crippen LogP contribution is -2.48. The summed E-state index contributed by atoms with van der Waals surface area (Å²) in [6.07, 6.45) is -0.0246. The Bertz CT molecular complexity index is 549. The van der Waals surface area contributed by atoms with E-state index in [2.05, 4.69) is 17.9 Å². The average molecular weight is 308 g/mol. The smallest absolute Gasteiger partial charge is 0.321 e. The zero-order valence-corrected chi connectivity index (χ0v) is 12.1. The Balaban J connectivity index is 2.04. The number of nitrogens with one attached hydrogen (secondary N) is 1. The van der Waals surface area contributed by atoms with Crippen molar-refractivity contribution in [2.75, 3.05) is 5.75 Å². The first kappa shape index (κ1) is 15.5. The Morgan fingerprint density at radius 1 is 1.38 bits per heavy atom. The SMILES string of the molecule is O=C(O)C(CS)NC1CC(=O)N(Cc2ccccc2)C1=O. The summed E-state index contributed by atoms with van der Waals surface area (Å²) >= 11 is 3.93. The molecule has 1 saturated heterocycles. The predicted octanol–water partition coefficient (Wildman–Crippen LogP) is 0.287. The van der Waals surface area contributed by atoms with Crippen molar-refractivity contribution in [2.45, 2.75) is 25.0 Å². The minimum absolute atomic E-state index is 0.0246. The van der Waals surface area contributed by atoms with Crippen LogP contribution in [0.2, 0.25) is 0 Å². The van der Waals surface area contributed by atoms with Crippen molar-refractivity contribution in [1.29, 1.82) is 0 Å². The highest BCUT2D eigenvalue weighted by molar-refractivity contribution is 7.80. The van der Waals surface area contributed by atoms with E-state index in [1.807, 2.05) is 30.3 Å². The molecule has 0 bridgehead atoms. The number of benzene rings is 1. The number of nitrogens with zero attached hydrogens (tertiary/aromatic N) is 1. The molecule has 1 aliphatic heterocycles. The van der Waals surface area contributed by atoms with Crippen molar-refractivity contribution in [3.05, 3.63) is 35.9 Å². The van der Waals surface area contributed by atoms with Crippen molar-refractivity contribution >= 4 is 30.4 Å². The predicted molar refractivity (Wildman–Crippen MR) is 78.8 cm³/mol. The third-order valence-electron chi connectivity index (χ3n) is 3.31. The summed E-state index contributed by atoms with van der Waals surface area (Å²) < 4.78 is 0. The van der Waals surface area contributed by atoms with E-state index in [4.69, 9.17) is 5.11 Å². The van der Waals surface area contributed by atoms with Gasteiger partial charge in [0.2, 0.25) is 11.8 Å². The molecule has 0 spiro atoms. The van der Waals surface area contributed by atoms with Crippen LogP contribution in [0.15, 0.2) is 30.3 Å². The molecule has 2 rings (SSSR count). The summed E-state index contributed by atoms with van der Waals surface area (Å²) in [6, 6.07) is 7.42. The molecule has 2 unspecified atom stereocenters. The largest absolute Gasteiger partial charge is 0.480 e. The molecule has 1 fully saturated rings. The van der Waals surface area contributed by atoms with Crippen LogP contribution in [0, 0.1) is 0 Å². The molecule has 2 atom stereocenters. The number of thiol groups is 1. The Morgan fingerprint density at radius 2 is 2.05 bits per heavy atom. The highest BCUT2D eigenvalue weighted by atomic mass is 32.1. The van der Waals surface area contributed by atoms with Crippen LogP contribution in [-0.2, 0) is 20.9 Å². The van der Waals surface area contributed by atoms with Gasteiger partial charge in [0.25, 0.3) is 0 Å². The number of rotatable bonds is 6. The lowest BCUT2D eigenvalue weighted by atomic mass is 10.2. The van der Waals surface area contributed by atoms with Crippen molar-refractivity contribution in [1.82, 2.24) is 10.2 Å². The Labute approximate surface area is 127 Å². The lowest BCUT2D eigenvalue weighted by molar-refractivity contribution is -0.139. The molecule has 0 saturated carbocycles. The standard InChI is InChI=1S/C14H16N2O4S/c17-12-6-10(15-11(8-21)14(19)20)13(18)16(12)7-9-4-2-1-3-5-9/h1-5,10-11,15,21H,6-8H2,(H,19,20). The monoisotopic (exact) mass is 308 g/mol. The third-order valence-corrected chi connectivity index (χ3v) is 3.68. The molecule has 6 nitrogen and oxygen atoms in total. The summed E-state index contributed by atoms with van der Waals surface area (Å²) in [5.41, 5.74) is 0.851. The second-order valence-corrected chi connectivity index (χ2v) is 5.17. The summed E-state index contributed by atoms with van der Waals surface area (Å²) in [5, 5.41) is 11.6. The van der Waals surface area contributed by atoms with Gasteiger partial charge in [-0.3, -0.25) is 24.6 Å². The molecular formula is C14H16N2O4S. The highest BCUT2D eigenvalue weighted by Gasteiger charge is 2.40. The molecule has 112 valence electrons. The second-order valence-electron chi connectivity index (χ2n) is 4.80. The molecule has 21 heavy (non-hydrogen) atoms. The van der Waals surface area contributed by atoms with Gasteiger partial charge in [-0.1, -0.05) is 30.3 Å². The number of likely N-dealkylation sites (tertiary alicyclic amines) is 1. The third kappa shape index (κ3) is 3.62. The van der Waals surface area contributed by atoms with E-state index in [-0.39, 0.29) is 24.6 Å². The fourth-order valence-corrected chi connectivity index (χ4v) is 2.45. The van der Waals surface area contributed by atoms with Gasteiger partial charge < -0.3 is 5.11 Å². The topological polar surface area (TPSA) is 86.7 Å². The zero-order valence-electron chi connectivity index (χ0n) is 11.2. The summed E-state index contributed by atoms with van der Waals surface area (Å²) in [5.74, 6) is -1.74. The van der Waals surface area contributed by atoms with Crippen LogP contribution < -0.4 is 5.32 Å². The van der Waals surface area contributed by atoms with E-state index < -0.39 is 24.0 Å². The first-order chi connectivity index (χ1) is 10.0. The molecule has 0 aromatic heterocycles. The van der Waals surface area contributed by atoms with Crippen LogP contribution in [-0.4, -0.2) is 45.6 Å². The number of aliphatic carboxylic acids is 1. The van der Waals surface area contributed by atoms with Gasteiger partial charge in [-0.2, -0.15) is 12.6 Å². The first-order valence-corrected chi connectivity index (χ1v) is 7.14. The molecule has 7 heteroatoms. The maximum absolute atomic E-state index is 12.2. The molecule has 2 amide bonds. The van der Waals surface area contributed by atoms with E-state index in [1.54, 1.807) is 0 Å². The Morgan fingerprint density at radius 3 is 2.62 bits per heavy atom. The minimum atomic E-state index is -1.09. The second kappa shape index (κ2) is 6.73. The zero-order chi connectivity index (χ0) is 15.4. The van der Waals surface area contributed by atoms with Crippen molar-refractivity contribution < 1.29 is 19.5 Å². The number of imide groups is 1. The molecule has 0 radical (unpaired) electrons. The molecular weight excluding hydrogens is 292 g/mol. The fourth-order valence-electron chi connectivity index (χ4n) is 2.19. The van der Waals surface area contributed by atoms with Gasteiger partial charge in [-0.05, 0) is 5.56 Å². The van der Waals surface area contributed by atoms with E-state index in [9.17, 15) is 14.4 Å². The summed E-state index contributed by atoms with van der Waals surface area (Å²) in [6.45, 7) is 0.204. The average Bonchev–Trinajstić information content (AvgIpc) is 2.73. The summed E-state index contributed by atoms with van der Waals surface area (Å²) in [7, 11) is 0. The van der Waals surface area contributed by atoms with Gasteiger partial charge in [-0.15, -0.1) is 0 Å². The van der Waals surface area contributed by atoms with Crippen molar-refractivity contribution in [2.24, 2.45) is 0 Å². The number of carbonyl (C=O) groups is 3. The Hall–Kier alpha value is -1.86. The lowest BCUT2D eigenvalue weighted by Gasteiger charge is -2.18. The molecule has 2 N–H and O–H groups in total. The van der Waals surface area contributed by atoms with Crippen LogP contribution in [0.4, 0.5) is 0 Å². The maximum atomic E-state index is 12.2. The Kier molecular flexibility index (Phi) is 4.98. The number of carboxylic acids is 1. The summed E-state index contributed by atoms with van der Waals surface area (Å²) in [4.78, 5) is 36.3. The maximum Gasteiger partial charge on any atom is 0.321 e. The van der Waals surface area contributed by atoms with Gasteiger partial charge in [0.1, 0.15) is 6.04 Å². The number of carbonyl (C=O) groups excluding carboxylic acids is 2. The van der Waals surface area contributed by atoms with Crippen molar-refractivity contribution in [3.8, 4) is 0 Å². The van der Waals surface area contributed by atoms with Gasteiger partial charge >= 0.3 is 5.97 Å². The first-order valence-electron chi connectivity index (χ1n) is 6.50. The van der Waals surface area contributed by atoms with Crippen LogP contribution in [0.3, 0.4) is 0 Å². The highest BCUT2D eigenvalue weighted by Crippen LogP contribution is 2.17. The molecule has 1 aliphatic rings. The number of amides is 2. The molecule has 1 aromatic carbocycles. The number of hydrogen-bond donors (Lipinski definition) is 3. The van der Waals surface area contributed by atoms with Crippen molar-refractivity contribution in [3.63, 3.8) is 0 Å². The quantitative estimate of drug-likeness (QED) is 0.519. The number of hydrogen-bond acceptors (Lipinski definition) is 5. The van der Waals surface area contributed by atoms with Crippen LogP contribution in [0.1, 0.15) is 12.0 Å². The van der Waals surface area contributed by atoms with E-state index in [1.165, 1.54) is 0 Å². The normalized spacial score (nSPS) is 19.9. The molecule has 1 heterocycles. The van der Waals surface area contributed by atoms with Gasteiger partial charge in [0.05, 0.1) is 19.0 Å². The van der Waals surface area contributed by atoms with Gasteiger partial charge in [0, 0.05) is 5.75 Å². The fraction of sp³-hybridized carbons (Fsp3) is 0.357. The van der Waals surface area contributed by atoms with E-state index in [0.29, 0.717) is 0 Å². The van der Waals surface area contributed by atoms with Crippen LogP contribution in [0.25, 0.3) is 0 Å². The van der Waals surface area contributed by atoms with E-state index in [0.717, 1.165) is 10.5 Å². The van der Waals surface area contributed by atoms with Crippen LogP contribution in [0.5, 0.6) is 0 Å². The van der Waals surface area contributed by atoms with Gasteiger partial charge in [-0.25, -0.2) is 0 Å². The minimum Gasteiger partial charge on any atom is -0.480 e. The molecule has 0 aliphatic carbocycles. The van der Waals surface area contributed by atoms with Crippen LogP contribution >= 0.6 is 12.6 Å². The molecule has 1 aromatic rings. The van der Waals surface area contributed by atoms with E-state index >= 15 is 0 Å². The van der Waals surface area contributed by atoms with Gasteiger partial charge in [0.15, 0.2) is 0 Å².